The van der Waals surface area contributed by atoms with Crippen LogP contribution in [-0.4, -0.2) is 80.6 Å². The van der Waals surface area contributed by atoms with Gasteiger partial charge in [0.05, 0.1) is 12.0 Å². The predicted octanol–water partition coefficient (Wildman–Crippen LogP) is 3.00. The molecule has 0 saturated heterocycles. The number of aliphatic hydroxyl groups is 4. The van der Waals surface area contributed by atoms with E-state index in [0.717, 1.165) is 6.92 Å². The molecule has 0 aromatic heterocycles. The molecule has 10 nitrogen and oxygen atoms in total. The normalized spacial score (nSPS) is 28.8. The molecule has 0 radical (unpaired) electrons. The zero-order valence-electron chi connectivity index (χ0n) is 25.3. The van der Waals surface area contributed by atoms with E-state index in [1.807, 2.05) is 6.92 Å². The number of ether oxygens (including phenoxy) is 3. The quantitative estimate of drug-likeness (QED) is 0.117. The van der Waals surface area contributed by atoms with Gasteiger partial charge in [-0.25, -0.2) is 14.4 Å². The van der Waals surface area contributed by atoms with Gasteiger partial charge in [0.2, 0.25) is 0 Å². The smallest absolute Gasteiger partial charge is 0.333 e. The van der Waals surface area contributed by atoms with Crippen LogP contribution in [0, 0.1) is 5.92 Å². The lowest BCUT2D eigenvalue weighted by molar-refractivity contribution is -0.255. The molecule has 0 bridgehead atoms. The van der Waals surface area contributed by atoms with E-state index in [2.05, 4.69) is 13.2 Å². The van der Waals surface area contributed by atoms with Gasteiger partial charge in [0.25, 0.3) is 0 Å². The van der Waals surface area contributed by atoms with Crippen molar-refractivity contribution in [3.05, 3.63) is 59.3 Å². The third kappa shape index (κ3) is 8.72. The van der Waals surface area contributed by atoms with Crippen LogP contribution in [0.15, 0.2) is 59.3 Å². The van der Waals surface area contributed by atoms with Gasteiger partial charge < -0.3 is 34.6 Å². The van der Waals surface area contributed by atoms with E-state index in [9.17, 15) is 34.8 Å². The van der Waals surface area contributed by atoms with Crippen LogP contribution in [0.2, 0.25) is 0 Å². The zero-order valence-corrected chi connectivity index (χ0v) is 25.3. The Balaban J connectivity index is 3.75. The number of carbonyl (C=O) groups excluding carboxylic acids is 3. The van der Waals surface area contributed by atoms with Crippen molar-refractivity contribution in [2.45, 2.75) is 110 Å². The van der Waals surface area contributed by atoms with E-state index in [-0.39, 0.29) is 28.7 Å². The highest BCUT2D eigenvalue weighted by Gasteiger charge is 2.60. The summed E-state index contributed by atoms with van der Waals surface area (Å²) in [4.78, 5) is 38.3. The Morgan fingerprint density at radius 3 is 1.93 bits per heavy atom. The average Bonchev–Trinajstić information content (AvgIpc) is 2.92. The second kappa shape index (κ2) is 15.3. The molecule has 1 aliphatic rings. The fourth-order valence-corrected chi connectivity index (χ4v) is 4.35. The number of hydrogen-bond acceptors (Lipinski definition) is 10. The first-order valence-electron chi connectivity index (χ1n) is 13.6. The summed E-state index contributed by atoms with van der Waals surface area (Å²) in [7, 11) is 0. The van der Waals surface area contributed by atoms with Crippen molar-refractivity contribution in [2.75, 3.05) is 0 Å². The molecule has 41 heavy (non-hydrogen) atoms. The first kappa shape index (κ1) is 36.0. The second-order valence-corrected chi connectivity index (χ2v) is 10.7. The Morgan fingerprint density at radius 1 is 0.927 bits per heavy atom. The van der Waals surface area contributed by atoms with Gasteiger partial charge in [0.15, 0.2) is 6.10 Å². The van der Waals surface area contributed by atoms with Crippen LogP contribution in [0.25, 0.3) is 0 Å². The van der Waals surface area contributed by atoms with Gasteiger partial charge in [-0.2, -0.15) is 0 Å². The van der Waals surface area contributed by atoms with Gasteiger partial charge in [-0.05, 0) is 60.5 Å². The number of rotatable bonds is 12. The molecule has 0 aromatic rings. The van der Waals surface area contributed by atoms with Gasteiger partial charge in [-0.15, -0.1) is 0 Å². The Bertz CT molecular complexity index is 1100. The molecule has 0 aliphatic heterocycles. The zero-order chi connectivity index (χ0) is 31.8. The monoisotopic (exact) mass is 578 g/mol. The summed E-state index contributed by atoms with van der Waals surface area (Å²) >= 11 is 0. The third-order valence-electron chi connectivity index (χ3n) is 7.43. The van der Waals surface area contributed by atoms with E-state index in [1.54, 1.807) is 26.8 Å². The number of allylic oxidation sites excluding steroid dienone is 3. The number of hydrogen-bond donors (Lipinski definition) is 4. The lowest BCUT2D eigenvalue weighted by atomic mass is 9.67. The fourth-order valence-electron chi connectivity index (χ4n) is 4.35. The fraction of sp³-hybridized carbons (Fsp3) is 0.581. The van der Waals surface area contributed by atoms with Crippen molar-refractivity contribution in [1.82, 2.24) is 0 Å². The average molecular weight is 579 g/mol. The minimum Gasteiger partial charge on any atom is -0.455 e. The third-order valence-corrected chi connectivity index (χ3v) is 7.43. The maximum absolute atomic E-state index is 12.9. The summed E-state index contributed by atoms with van der Waals surface area (Å²) in [6.07, 6.45) is -4.47. The van der Waals surface area contributed by atoms with Crippen LogP contribution in [0.4, 0.5) is 0 Å². The second-order valence-electron chi connectivity index (χ2n) is 10.7. The lowest BCUT2D eigenvalue weighted by Gasteiger charge is -2.51. The molecule has 0 heterocycles. The summed E-state index contributed by atoms with van der Waals surface area (Å²) in [5, 5.41) is 44.9. The molecule has 0 amide bonds. The molecule has 10 heteroatoms. The van der Waals surface area contributed by atoms with E-state index in [0.29, 0.717) is 12.0 Å². The summed E-state index contributed by atoms with van der Waals surface area (Å²) in [5.74, 6) is -3.81. The Morgan fingerprint density at radius 2 is 1.44 bits per heavy atom. The van der Waals surface area contributed by atoms with Crippen LogP contribution in [0.3, 0.4) is 0 Å². The topological polar surface area (TPSA) is 160 Å². The van der Waals surface area contributed by atoms with E-state index >= 15 is 0 Å². The maximum atomic E-state index is 12.9. The summed E-state index contributed by atoms with van der Waals surface area (Å²) in [6.45, 7) is 20.0. The van der Waals surface area contributed by atoms with Crippen LogP contribution < -0.4 is 0 Å². The number of carbonyl (C=O) groups is 3. The van der Waals surface area contributed by atoms with Gasteiger partial charge in [0, 0.05) is 23.1 Å². The molecule has 2 unspecified atom stereocenters. The van der Waals surface area contributed by atoms with Crippen LogP contribution in [0.5, 0.6) is 0 Å². The van der Waals surface area contributed by atoms with Crippen LogP contribution in [-0.2, 0) is 28.6 Å². The van der Waals surface area contributed by atoms with Gasteiger partial charge in [-0.3, -0.25) is 0 Å². The lowest BCUT2D eigenvalue weighted by Crippen LogP contribution is -2.69. The molecule has 230 valence electrons. The molecule has 1 aliphatic carbocycles. The number of aliphatic hydroxyl groups excluding tert-OH is 3. The standard InChI is InChI=1S/C31H46O10/c1-11-14-19(8)30(37)40-25-23(20(9)22(15-21(32)16(4)5)39-28(35)17(6)12-2)24(33)27(31(10,38)26(25)34)41-29(36)18(7)13-3/h12-14,21-27,32-34,38H,4,9,11,15H2,1-3,5-8,10H3/b17-12-,18-13-,19-14-/t21?,22?,23-,24-,25+,26+,27-,31-/m0/s1. The Labute approximate surface area is 242 Å². The highest BCUT2D eigenvalue weighted by Crippen LogP contribution is 2.42. The maximum Gasteiger partial charge on any atom is 0.333 e. The minimum atomic E-state index is -2.28. The molecule has 0 spiro atoms. The Hall–Kier alpha value is -3.05. The van der Waals surface area contributed by atoms with Crippen LogP contribution in [0.1, 0.15) is 68.2 Å². The first-order chi connectivity index (χ1) is 19.0. The first-order valence-corrected chi connectivity index (χ1v) is 13.6. The number of esters is 3. The molecular weight excluding hydrogens is 532 g/mol. The molecule has 0 aromatic carbocycles. The van der Waals surface area contributed by atoms with Crippen molar-refractivity contribution < 1.29 is 49.0 Å². The molecule has 1 rings (SSSR count). The molecule has 1 saturated carbocycles. The summed E-state index contributed by atoms with van der Waals surface area (Å²) < 4.78 is 16.7. The molecule has 1 fully saturated rings. The summed E-state index contributed by atoms with van der Waals surface area (Å²) in [5.41, 5.74) is -1.28. The summed E-state index contributed by atoms with van der Waals surface area (Å²) in [6, 6.07) is 0. The van der Waals surface area contributed by atoms with Gasteiger partial charge in [0.1, 0.15) is 30.0 Å². The van der Waals surface area contributed by atoms with Gasteiger partial charge in [-0.1, -0.05) is 43.9 Å². The van der Waals surface area contributed by atoms with Crippen molar-refractivity contribution in [1.29, 1.82) is 0 Å². The highest BCUT2D eigenvalue weighted by atomic mass is 16.6. The largest absolute Gasteiger partial charge is 0.455 e. The van der Waals surface area contributed by atoms with Crippen molar-refractivity contribution in [2.24, 2.45) is 5.92 Å². The predicted molar refractivity (Wildman–Crippen MR) is 153 cm³/mol. The van der Waals surface area contributed by atoms with Crippen molar-refractivity contribution in [3.8, 4) is 0 Å². The van der Waals surface area contributed by atoms with Crippen molar-refractivity contribution >= 4 is 17.9 Å². The van der Waals surface area contributed by atoms with E-state index in [1.165, 1.54) is 32.9 Å². The van der Waals surface area contributed by atoms with E-state index < -0.39 is 66.1 Å². The van der Waals surface area contributed by atoms with E-state index in [4.69, 9.17) is 14.2 Å². The van der Waals surface area contributed by atoms with Gasteiger partial charge >= 0.3 is 17.9 Å². The minimum absolute atomic E-state index is 0.0386. The Kier molecular flexibility index (Phi) is 13.4. The molecule has 4 N–H and O–H groups in total. The van der Waals surface area contributed by atoms with Crippen LogP contribution >= 0.6 is 0 Å². The van der Waals surface area contributed by atoms with Crippen molar-refractivity contribution in [3.63, 3.8) is 0 Å². The molecule has 8 atom stereocenters. The highest BCUT2D eigenvalue weighted by molar-refractivity contribution is 5.89. The molecular formula is C31H46O10. The SMILES string of the molecule is C=C(C)C(O)CC(OC(=O)/C(C)=C\C)C(=C)[C@H]1[C@H](O)[C@H](OC(=O)/C(C)=C\C)[C@@](C)(O)[C@H](O)[C@@H]1OC(=O)/C(C)=C\CC.